The molecule has 1 aromatic rings. The summed E-state index contributed by atoms with van der Waals surface area (Å²) in [4.78, 5) is 0. The fourth-order valence-corrected chi connectivity index (χ4v) is 2.40. The van der Waals surface area contributed by atoms with Crippen LogP contribution in [-0.4, -0.2) is 19.1 Å². The van der Waals surface area contributed by atoms with Crippen molar-refractivity contribution in [2.24, 2.45) is 0 Å². The zero-order valence-electron chi connectivity index (χ0n) is 10.2. The van der Waals surface area contributed by atoms with Gasteiger partial charge in [-0.1, -0.05) is 0 Å². The molecule has 0 amide bonds. The molecule has 17 heavy (non-hydrogen) atoms. The van der Waals surface area contributed by atoms with E-state index >= 15 is 0 Å². The van der Waals surface area contributed by atoms with Crippen LogP contribution in [0.15, 0.2) is 24.3 Å². The van der Waals surface area contributed by atoms with Crippen LogP contribution >= 0.6 is 0 Å². The van der Waals surface area contributed by atoms with Crippen molar-refractivity contribution >= 4 is 5.69 Å². The number of anilines is 1. The van der Waals surface area contributed by atoms with Crippen LogP contribution in [0.25, 0.3) is 0 Å². The average Bonchev–Trinajstić information content (AvgIpc) is 2.40. The highest BCUT2D eigenvalue weighted by atomic mass is 14.9. The maximum Gasteiger partial charge on any atom is 0.0991 e. The lowest BCUT2D eigenvalue weighted by atomic mass is 9.91. The first-order valence-corrected chi connectivity index (χ1v) is 6.26. The number of hydrogen-bond acceptors (Lipinski definition) is 3. The van der Waals surface area contributed by atoms with E-state index in [1.54, 1.807) is 0 Å². The lowest BCUT2D eigenvalue weighted by molar-refractivity contribution is 0.371. The predicted molar refractivity (Wildman–Crippen MR) is 69.9 cm³/mol. The van der Waals surface area contributed by atoms with Gasteiger partial charge in [-0.3, -0.25) is 0 Å². The van der Waals surface area contributed by atoms with Crippen molar-refractivity contribution in [3.63, 3.8) is 0 Å². The van der Waals surface area contributed by atoms with Gasteiger partial charge >= 0.3 is 0 Å². The molecule has 0 saturated heterocycles. The molecule has 3 heteroatoms. The van der Waals surface area contributed by atoms with Crippen molar-refractivity contribution < 1.29 is 0 Å². The van der Waals surface area contributed by atoms with Crippen LogP contribution in [0.5, 0.6) is 0 Å². The Bertz CT molecular complexity index is 383. The van der Waals surface area contributed by atoms with Crippen LogP contribution in [0.2, 0.25) is 0 Å². The van der Waals surface area contributed by atoms with Gasteiger partial charge in [0.2, 0.25) is 0 Å². The number of benzene rings is 1. The van der Waals surface area contributed by atoms with Gasteiger partial charge in [0.1, 0.15) is 0 Å². The molecule has 2 rings (SSSR count). The summed E-state index contributed by atoms with van der Waals surface area (Å²) in [6.07, 6.45) is 4.91. The molecule has 0 aliphatic heterocycles. The minimum Gasteiger partial charge on any atom is -0.382 e. The summed E-state index contributed by atoms with van der Waals surface area (Å²) >= 11 is 0. The Morgan fingerprint density at radius 2 is 1.65 bits per heavy atom. The fraction of sp³-hybridized carbons (Fsp3) is 0.500. The predicted octanol–water partition coefficient (Wildman–Crippen LogP) is 2.50. The molecule has 0 aromatic heterocycles. The van der Waals surface area contributed by atoms with Gasteiger partial charge < -0.3 is 10.6 Å². The van der Waals surface area contributed by atoms with Crippen LogP contribution in [0.3, 0.4) is 0 Å². The van der Waals surface area contributed by atoms with E-state index in [2.05, 4.69) is 16.7 Å². The van der Waals surface area contributed by atoms with Gasteiger partial charge in [0.15, 0.2) is 0 Å². The Morgan fingerprint density at radius 1 is 1.06 bits per heavy atom. The normalized spacial score (nSPS) is 24.0. The second-order valence-electron chi connectivity index (χ2n) is 4.67. The molecule has 0 unspecified atom stereocenters. The molecule has 1 saturated carbocycles. The van der Waals surface area contributed by atoms with Crippen LogP contribution in [0.1, 0.15) is 31.2 Å². The van der Waals surface area contributed by atoms with Gasteiger partial charge in [-0.15, -0.1) is 0 Å². The first-order valence-electron chi connectivity index (χ1n) is 6.26. The van der Waals surface area contributed by atoms with Crippen molar-refractivity contribution in [2.75, 3.05) is 12.4 Å². The lowest BCUT2D eigenvalue weighted by Crippen LogP contribution is -2.34. The monoisotopic (exact) mass is 229 g/mol. The third-order valence-corrected chi connectivity index (χ3v) is 3.52. The second kappa shape index (κ2) is 5.70. The maximum absolute atomic E-state index is 8.73. The summed E-state index contributed by atoms with van der Waals surface area (Å²) in [5.74, 6) is 0. The number of nitriles is 1. The number of rotatable bonds is 3. The van der Waals surface area contributed by atoms with Crippen molar-refractivity contribution in [2.45, 2.75) is 37.8 Å². The molecule has 3 nitrogen and oxygen atoms in total. The van der Waals surface area contributed by atoms with Gasteiger partial charge in [-0.05, 0) is 57.0 Å². The van der Waals surface area contributed by atoms with Gasteiger partial charge in [0.25, 0.3) is 0 Å². The van der Waals surface area contributed by atoms with Crippen LogP contribution in [0.4, 0.5) is 5.69 Å². The van der Waals surface area contributed by atoms with E-state index in [1.807, 2.05) is 31.3 Å². The van der Waals surface area contributed by atoms with E-state index in [-0.39, 0.29) is 0 Å². The minimum absolute atomic E-state index is 0.576. The van der Waals surface area contributed by atoms with E-state index in [1.165, 1.54) is 25.7 Å². The zero-order chi connectivity index (χ0) is 12.1. The summed E-state index contributed by atoms with van der Waals surface area (Å²) < 4.78 is 0. The minimum atomic E-state index is 0.576. The first-order chi connectivity index (χ1) is 8.31. The van der Waals surface area contributed by atoms with Crippen LogP contribution < -0.4 is 10.6 Å². The molecule has 1 aromatic carbocycles. The summed E-state index contributed by atoms with van der Waals surface area (Å²) in [7, 11) is 2.04. The molecule has 1 aliphatic carbocycles. The maximum atomic E-state index is 8.73. The molecule has 2 N–H and O–H groups in total. The number of nitrogens with zero attached hydrogens (tertiary/aromatic N) is 1. The standard InChI is InChI=1S/C14H19N3/c1-16-12-6-8-14(9-7-12)17-13-4-2-11(10-15)3-5-13/h2-5,12,14,16-17H,6-9H2,1H3. The Morgan fingerprint density at radius 3 is 2.18 bits per heavy atom. The van der Waals surface area contributed by atoms with Crippen LogP contribution in [0, 0.1) is 11.3 Å². The van der Waals surface area contributed by atoms with Gasteiger partial charge in [-0.2, -0.15) is 5.26 Å². The third kappa shape index (κ3) is 3.21. The zero-order valence-corrected chi connectivity index (χ0v) is 10.2. The highest BCUT2D eigenvalue weighted by Gasteiger charge is 2.19. The number of hydrogen-bond donors (Lipinski definition) is 2. The van der Waals surface area contributed by atoms with Crippen LogP contribution in [-0.2, 0) is 0 Å². The van der Waals surface area contributed by atoms with Crippen molar-refractivity contribution in [3.8, 4) is 6.07 Å². The fourth-order valence-electron chi connectivity index (χ4n) is 2.40. The Labute approximate surface area is 103 Å². The molecule has 0 radical (unpaired) electrons. The lowest BCUT2D eigenvalue weighted by Gasteiger charge is -2.29. The van der Waals surface area contributed by atoms with Gasteiger partial charge in [0, 0.05) is 17.8 Å². The highest BCUT2D eigenvalue weighted by molar-refractivity contribution is 5.47. The smallest absolute Gasteiger partial charge is 0.0991 e. The Kier molecular flexibility index (Phi) is 4.00. The summed E-state index contributed by atoms with van der Waals surface area (Å²) in [6.45, 7) is 0. The van der Waals surface area contributed by atoms with Crippen molar-refractivity contribution in [1.29, 1.82) is 5.26 Å². The second-order valence-corrected chi connectivity index (χ2v) is 4.67. The summed E-state index contributed by atoms with van der Waals surface area (Å²) in [6, 6.07) is 11.1. The van der Waals surface area contributed by atoms with E-state index < -0.39 is 0 Å². The van der Waals surface area contributed by atoms with E-state index in [4.69, 9.17) is 5.26 Å². The summed E-state index contributed by atoms with van der Waals surface area (Å²) in [5, 5.41) is 15.6. The van der Waals surface area contributed by atoms with E-state index in [0.29, 0.717) is 12.1 Å². The Hall–Kier alpha value is -1.53. The van der Waals surface area contributed by atoms with Crippen molar-refractivity contribution in [3.05, 3.63) is 29.8 Å². The molecule has 0 atom stereocenters. The Balaban J connectivity index is 1.87. The average molecular weight is 229 g/mol. The van der Waals surface area contributed by atoms with E-state index in [9.17, 15) is 0 Å². The number of nitrogens with one attached hydrogen (secondary N) is 2. The SMILES string of the molecule is CNC1CCC(Nc2ccc(C#N)cc2)CC1. The van der Waals surface area contributed by atoms with Gasteiger partial charge in [0.05, 0.1) is 11.6 Å². The topological polar surface area (TPSA) is 47.8 Å². The molecule has 1 aliphatic rings. The first kappa shape index (κ1) is 11.9. The highest BCUT2D eigenvalue weighted by Crippen LogP contribution is 2.22. The molecule has 0 spiro atoms. The largest absolute Gasteiger partial charge is 0.382 e. The molecule has 0 heterocycles. The molecular weight excluding hydrogens is 210 g/mol. The quantitative estimate of drug-likeness (QED) is 0.837. The molecule has 0 bridgehead atoms. The molecular formula is C14H19N3. The molecule has 1 fully saturated rings. The third-order valence-electron chi connectivity index (χ3n) is 3.52. The molecule has 90 valence electrons. The summed E-state index contributed by atoms with van der Waals surface area (Å²) in [5.41, 5.74) is 1.84. The van der Waals surface area contributed by atoms with E-state index in [0.717, 1.165) is 11.3 Å². The van der Waals surface area contributed by atoms with Crippen molar-refractivity contribution in [1.82, 2.24) is 5.32 Å². The van der Waals surface area contributed by atoms with Gasteiger partial charge in [-0.25, -0.2) is 0 Å².